The SMILES string of the molecule is Cn1ccc(CC(=O)N2CCCN(C(=O)c3ccc(=O)[nH]n3)CC2)c1. The molecule has 2 amide bonds. The van der Waals surface area contributed by atoms with Crippen molar-refractivity contribution in [2.45, 2.75) is 12.8 Å². The summed E-state index contributed by atoms with van der Waals surface area (Å²) in [5, 5.41) is 6.06. The minimum Gasteiger partial charge on any atom is -0.357 e. The Morgan fingerprint density at radius 2 is 1.88 bits per heavy atom. The molecule has 2 aromatic heterocycles. The maximum atomic E-state index is 12.5. The van der Waals surface area contributed by atoms with Crippen LogP contribution in [0.5, 0.6) is 0 Å². The summed E-state index contributed by atoms with van der Waals surface area (Å²) >= 11 is 0. The number of carbonyl (C=O) groups is 2. The monoisotopic (exact) mass is 343 g/mol. The Labute approximate surface area is 145 Å². The van der Waals surface area contributed by atoms with Gasteiger partial charge in [0, 0.05) is 51.7 Å². The highest BCUT2D eigenvalue weighted by Crippen LogP contribution is 2.10. The minimum absolute atomic E-state index is 0.0719. The molecule has 3 heterocycles. The molecule has 2 aromatic rings. The number of aromatic nitrogens is 3. The predicted octanol–water partition coefficient (Wildman–Crippen LogP) is 0.0256. The van der Waals surface area contributed by atoms with E-state index in [1.807, 2.05) is 30.1 Å². The van der Waals surface area contributed by atoms with Crippen molar-refractivity contribution in [2.24, 2.45) is 7.05 Å². The van der Waals surface area contributed by atoms with E-state index in [1.165, 1.54) is 12.1 Å². The van der Waals surface area contributed by atoms with E-state index in [4.69, 9.17) is 0 Å². The van der Waals surface area contributed by atoms with Gasteiger partial charge in [-0.3, -0.25) is 14.4 Å². The fraction of sp³-hybridized carbons (Fsp3) is 0.412. The topological polar surface area (TPSA) is 91.3 Å². The summed E-state index contributed by atoms with van der Waals surface area (Å²) in [5.74, 6) is -0.156. The molecular formula is C17H21N5O3. The summed E-state index contributed by atoms with van der Waals surface area (Å²) in [7, 11) is 1.92. The smallest absolute Gasteiger partial charge is 0.274 e. The van der Waals surface area contributed by atoms with Gasteiger partial charge in [-0.1, -0.05) is 0 Å². The van der Waals surface area contributed by atoms with Gasteiger partial charge in [-0.15, -0.1) is 0 Å². The summed E-state index contributed by atoms with van der Waals surface area (Å²) < 4.78 is 1.92. The lowest BCUT2D eigenvalue weighted by Gasteiger charge is -2.21. The lowest BCUT2D eigenvalue weighted by atomic mass is 10.2. The van der Waals surface area contributed by atoms with Crippen molar-refractivity contribution in [1.29, 1.82) is 0 Å². The van der Waals surface area contributed by atoms with Crippen molar-refractivity contribution < 1.29 is 9.59 Å². The highest BCUT2D eigenvalue weighted by molar-refractivity contribution is 5.92. The lowest BCUT2D eigenvalue weighted by molar-refractivity contribution is -0.130. The Kier molecular flexibility index (Phi) is 4.97. The summed E-state index contributed by atoms with van der Waals surface area (Å²) in [6.45, 7) is 2.16. The van der Waals surface area contributed by atoms with Crippen LogP contribution in [0.15, 0.2) is 35.4 Å². The first kappa shape index (κ1) is 16.9. The Morgan fingerprint density at radius 3 is 2.56 bits per heavy atom. The number of nitrogens with one attached hydrogen (secondary N) is 1. The molecule has 1 N–H and O–H groups in total. The molecule has 0 bridgehead atoms. The van der Waals surface area contributed by atoms with Gasteiger partial charge in [-0.2, -0.15) is 5.10 Å². The molecule has 8 heteroatoms. The maximum absolute atomic E-state index is 12.5. The molecule has 0 aromatic carbocycles. The highest BCUT2D eigenvalue weighted by atomic mass is 16.2. The second-order valence-corrected chi connectivity index (χ2v) is 6.19. The zero-order chi connectivity index (χ0) is 17.8. The van der Waals surface area contributed by atoms with Crippen LogP contribution < -0.4 is 5.56 Å². The fourth-order valence-electron chi connectivity index (χ4n) is 2.95. The van der Waals surface area contributed by atoms with Gasteiger partial charge in [0.1, 0.15) is 5.69 Å². The van der Waals surface area contributed by atoms with Crippen molar-refractivity contribution in [2.75, 3.05) is 26.2 Å². The van der Waals surface area contributed by atoms with Gasteiger partial charge in [-0.05, 0) is 24.1 Å². The van der Waals surface area contributed by atoms with Gasteiger partial charge in [0.25, 0.3) is 11.5 Å². The van der Waals surface area contributed by atoms with Crippen LogP contribution in [0.25, 0.3) is 0 Å². The third-order valence-corrected chi connectivity index (χ3v) is 4.28. The molecule has 1 aliphatic rings. The van der Waals surface area contributed by atoms with Gasteiger partial charge < -0.3 is 14.4 Å². The van der Waals surface area contributed by atoms with Crippen LogP contribution in [0.1, 0.15) is 22.5 Å². The largest absolute Gasteiger partial charge is 0.357 e. The van der Waals surface area contributed by atoms with Crippen LogP contribution in [0.4, 0.5) is 0 Å². The summed E-state index contributed by atoms with van der Waals surface area (Å²) in [4.78, 5) is 39.5. The average Bonchev–Trinajstić information content (AvgIpc) is 2.86. The Hall–Kier alpha value is -2.90. The number of hydrogen-bond acceptors (Lipinski definition) is 4. The van der Waals surface area contributed by atoms with Gasteiger partial charge in [0.15, 0.2) is 0 Å². The standard InChI is InChI=1S/C17H21N5O3/c1-20-8-5-13(12-20)11-16(24)21-6-2-7-22(10-9-21)17(25)14-3-4-15(23)19-18-14/h3-5,8,12H,2,6-7,9-11H2,1H3,(H,19,23). The number of aromatic amines is 1. The third kappa shape index (κ3) is 4.14. The van der Waals surface area contributed by atoms with E-state index in [2.05, 4.69) is 10.2 Å². The predicted molar refractivity (Wildman–Crippen MR) is 91.1 cm³/mol. The third-order valence-electron chi connectivity index (χ3n) is 4.28. The second kappa shape index (κ2) is 7.33. The number of carbonyl (C=O) groups excluding carboxylic acids is 2. The second-order valence-electron chi connectivity index (χ2n) is 6.19. The van der Waals surface area contributed by atoms with Crippen molar-refractivity contribution in [3.05, 3.63) is 52.2 Å². The van der Waals surface area contributed by atoms with Crippen LogP contribution >= 0.6 is 0 Å². The number of rotatable bonds is 3. The van der Waals surface area contributed by atoms with E-state index >= 15 is 0 Å². The highest BCUT2D eigenvalue weighted by Gasteiger charge is 2.23. The number of H-pyrrole nitrogens is 1. The van der Waals surface area contributed by atoms with E-state index in [-0.39, 0.29) is 23.1 Å². The van der Waals surface area contributed by atoms with E-state index in [9.17, 15) is 14.4 Å². The number of hydrogen-bond donors (Lipinski definition) is 1. The molecule has 0 spiro atoms. The van der Waals surface area contributed by atoms with Crippen LogP contribution in [-0.4, -0.2) is 62.6 Å². The van der Waals surface area contributed by atoms with Crippen molar-refractivity contribution in [3.63, 3.8) is 0 Å². The van der Waals surface area contributed by atoms with Gasteiger partial charge in [0.05, 0.1) is 6.42 Å². The van der Waals surface area contributed by atoms with E-state index in [1.54, 1.807) is 9.80 Å². The summed E-state index contributed by atoms with van der Waals surface area (Å²) in [6, 6.07) is 4.64. The maximum Gasteiger partial charge on any atom is 0.274 e. The summed E-state index contributed by atoms with van der Waals surface area (Å²) in [5.41, 5.74) is 0.857. The quantitative estimate of drug-likeness (QED) is 0.851. The molecule has 1 saturated heterocycles. The molecule has 8 nitrogen and oxygen atoms in total. The fourth-order valence-corrected chi connectivity index (χ4v) is 2.95. The average molecular weight is 343 g/mol. The molecule has 0 unspecified atom stereocenters. The van der Waals surface area contributed by atoms with Crippen molar-refractivity contribution in [1.82, 2.24) is 24.6 Å². The zero-order valence-electron chi connectivity index (χ0n) is 14.1. The molecule has 1 fully saturated rings. The molecule has 0 aliphatic carbocycles. The first-order chi connectivity index (χ1) is 12.0. The number of amides is 2. The van der Waals surface area contributed by atoms with Crippen LogP contribution in [-0.2, 0) is 18.3 Å². The molecule has 132 valence electrons. The summed E-state index contributed by atoms with van der Waals surface area (Å²) in [6.07, 6.45) is 4.95. The first-order valence-electron chi connectivity index (χ1n) is 8.26. The molecule has 25 heavy (non-hydrogen) atoms. The van der Waals surface area contributed by atoms with Crippen molar-refractivity contribution in [3.8, 4) is 0 Å². The normalized spacial score (nSPS) is 15.1. The van der Waals surface area contributed by atoms with Gasteiger partial charge in [-0.25, -0.2) is 5.10 Å². The van der Waals surface area contributed by atoms with Crippen LogP contribution in [0, 0.1) is 0 Å². The van der Waals surface area contributed by atoms with Crippen LogP contribution in [0.2, 0.25) is 0 Å². The van der Waals surface area contributed by atoms with Crippen LogP contribution in [0.3, 0.4) is 0 Å². The molecule has 0 atom stereocenters. The van der Waals surface area contributed by atoms with E-state index < -0.39 is 0 Å². The zero-order valence-corrected chi connectivity index (χ0v) is 14.1. The molecule has 0 radical (unpaired) electrons. The minimum atomic E-state index is -0.342. The Morgan fingerprint density at radius 1 is 1.12 bits per heavy atom. The van der Waals surface area contributed by atoms with Crippen molar-refractivity contribution >= 4 is 11.8 Å². The lowest BCUT2D eigenvalue weighted by Crippen LogP contribution is -2.38. The van der Waals surface area contributed by atoms with E-state index in [0.717, 1.165) is 12.0 Å². The Balaban J connectivity index is 1.59. The Bertz CT molecular complexity index is 805. The molecular weight excluding hydrogens is 322 g/mol. The van der Waals surface area contributed by atoms with Gasteiger partial charge in [0.2, 0.25) is 5.91 Å². The van der Waals surface area contributed by atoms with Gasteiger partial charge >= 0.3 is 0 Å². The first-order valence-corrected chi connectivity index (χ1v) is 8.26. The number of nitrogens with zero attached hydrogens (tertiary/aromatic N) is 4. The molecule has 0 saturated carbocycles. The molecule has 3 rings (SSSR count). The van der Waals surface area contributed by atoms with E-state index in [0.29, 0.717) is 32.6 Å². The molecule has 1 aliphatic heterocycles. The number of aryl methyl sites for hydroxylation is 1.